The Morgan fingerprint density at radius 3 is 2.37 bits per heavy atom. The molecule has 0 unspecified atom stereocenters. The van der Waals surface area contributed by atoms with Gasteiger partial charge in [-0.15, -0.1) is 0 Å². The van der Waals surface area contributed by atoms with Crippen LogP contribution in [0.15, 0.2) is 72.8 Å². The molecule has 3 nitrogen and oxygen atoms in total. The summed E-state index contributed by atoms with van der Waals surface area (Å²) in [5.74, 6) is -0.0730. The van der Waals surface area contributed by atoms with Gasteiger partial charge in [0, 0.05) is 30.0 Å². The number of rotatable bonds is 4. The normalized spacial score (nSPS) is 13.6. The minimum atomic E-state index is -0.0730. The van der Waals surface area contributed by atoms with Gasteiger partial charge in [0.05, 0.1) is 0 Å². The first kappa shape index (κ1) is 17.3. The van der Waals surface area contributed by atoms with E-state index in [4.69, 9.17) is 0 Å². The monoisotopic (exact) mass is 356 g/mol. The quantitative estimate of drug-likeness (QED) is 0.668. The fraction of sp³-hybridized carbons (Fsp3) is 0.208. The van der Waals surface area contributed by atoms with E-state index in [1.807, 2.05) is 61.5 Å². The second-order valence-electron chi connectivity index (χ2n) is 7.06. The first-order valence-electron chi connectivity index (χ1n) is 9.54. The number of nitrogens with zero attached hydrogens (tertiary/aromatic N) is 1. The lowest BCUT2D eigenvalue weighted by Crippen LogP contribution is -2.19. The van der Waals surface area contributed by atoms with Gasteiger partial charge in [0.1, 0.15) is 0 Å². The summed E-state index contributed by atoms with van der Waals surface area (Å²) in [4.78, 5) is 15.5. The van der Waals surface area contributed by atoms with Gasteiger partial charge in [-0.25, -0.2) is 0 Å². The molecule has 0 bridgehead atoms. The van der Waals surface area contributed by atoms with Crippen molar-refractivity contribution in [3.05, 3.63) is 83.9 Å². The van der Waals surface area contributed by atoms with Gasteiger partial charge < -0.3 is 10.2 Å². The Hall–Kier alpha value is -3.07. The summed E-state index contributed by atoms with van der Waals surface area (Å²) in [7, 11) is 0. The van der Waals surface area contributed by atoms with E-state index >= 15 is 0 Å². The van der Waals surface area contributed by atoms with Crippen LogP contribution in [0, 0.1) is 6.92 Å². The molecule has 0 radical (unpaired) electrons. The molecule has 0 atom stereocenters. The maximum atomic E-state index is 13.1. The largest absolute Gasteiger partial charge is 0.371 e. The summed E-state index contributed by atoms with van der Waals surface area (Å²) in [6, 6.07) is 24.1. The van der Waals surface area contributed by atoms with Crippen molar-refractivity contribution in [2.24, 2.45) is 0 Å². The fourth-order valence-electron chi connectivity index (χ4n) is 3.66. The molecule has 0 aromatic heterocycles. The summed E-state index contributed by atoms with van der Waals surface area (Å²) in [5.41, 5.74) is 5.82. The first-order valence-corrected chi connectivity index (χ1v) is 9.54. The molecule has 0 aliphatic carbocycles. The van der Waals surface area contributed by atoms with Crippen molar-refractivity contribution in [2.45, 2.75) is 19.8 Å². The van der Waals surface area contributed by atoms with E-state index in [1.54, 1.807) is 0 Å². The highest BCUT2D eigenvalue weighted by molar-refractivity contribution is 6.09. The highest BCUT2D eigenvalue weighted by Crippen LogP contribution is 2.28. The van der Waals surface area contributed by atoms with Gasteiger partial charge >= 0.3 is 0 Å². The molecule has 1 N–H and O–H groups in total. The van der Waals surface area contributed by atoms with Crippen LogP contribution >= 0.6 is 0 Å². The van der Waals surface area contributed by atoms with Gasteiger partial charge in [0.15, 0.2) is 0 Å². The summed E-state index contributed by atoms with van der Waals surface area (Å²) < 4.78 is 0. The number of benzene rings is 3. The number of hydrogen-bond donors (Lipinski definition) is 1. The van der Waals surface area contributed by atoms with E-state index in [9.17, 15) is 4.79 Å². The molecule has 1 aliphatic heterocycles. The van der Waals surface area contributed by atoms with Crippen LogP contribution in [0.2, 0.25) is 0 Å². The van der Waals surface area contributed by atoms with Crippen LogP contribution in [0.4, 0.5) is 11.4 Å². The zero-order valence-electron chi connectivity index (χ0n) is 15.6. The summed E-state index contributed by atoms with van der Waals surface area (Å²) in [6.07, 6.45) is 2.47. The number of nitrogens with one attached hydrogen (secondary N) is 1. The minimum Gasteiger partial charge on any atom is -0.371 e. The summed E-state index contributed by atoms with van der Waals surface area (Å²) >= 11 is 0. The van der Waals surface area contributed by atoms with Gasteiger partial charge in [-0.05, 0) is 54.7 Å². The molecule has 1 amide bonds. The molecule has 3 heteroatoms. The van der Waals surface area contributed by atoms with Crippen molar-refractivity contribution in [1.82, 2.24) is 0 Å². The molecule has 1 fully saturated rings. The SMILES string of the molecule is Cc1ccc(N2CCCC2)cc1NC(=O)c1ccccc1-c1ccccc1. The van der Waals surface area contributed by atoms with Crippen molar-refractivity contribution in [1.29, 1.82) is 0 Å². The second-order valence-corrected chi connectivity index (χ2v) is 7.06. The first-order chi connectivity index (χ1) is 13.2. The Balaban J connectivity index is 1.63. The molecule has 27 heavy (non-hydrogen) atoms. The Labute approximate surface area is 160 Å². The molecule has 3 aromatic rings. The van der Waals surface area contributed by atoms with Crippen molar-refractivity contribution >= 4 is 17.3 Å². The topological polar surface area (TPSA) is 32.3 Å². The van der Waals surface area contributed by atoms with Gasteiger partial charge in [-0.2, -0.15) is 0 Å². The van der Waals surface area contributed by atoms with Crippen molar-refractivity contribution < 1.29 is 4.79 Å². The smallest absolute Gasteiger partial charge is 0.256 e. The van der Waals surface area contributed by atoms with Gasteiger partial charge in [-0.1, -0.05) is 54.6 Å². The van der Waals surface area contributed by atoms with Gasteiger partial charge in [0.25, 0.3) is 5.91 Å². The maximum Gasteiger partial charge on any atom is 0.256 e. The highest BCUT2D eigenvalue weighted by Gasteiger charge is 2.16. The van der Waals surface area contributed by atoms with Gasteiger partial charge in [0.2, 0.25) is 0 Å². The van der Waals surface area contributed by atoms with E-state index in [1.165, 1.54) is 18.5 Å². The summed E-state index contributed by atoms with van der Waals surface area (Å²) in [5, 5.41) is 3.13. The van der Waals surface area contributed by atoms with Crippen LogP contribution in [0.3, 0.4) is 0 Å². The molecular weight excluding hydrogens is 332 g/mol. The Bertz CT molecular complexity index is 944. The highest BCUT2D eigenvalue weighted by atomic mass is 16.1. The van der Waals surface area contributed by atoms with Crippen molar-refractivity contribution in [3.8, 4) is 11.1 Å². The maximum absolute atomic E-state index is 13.1. The molecule has 4 rings (SSSR count). The van der Waals surface area contributed by atoms with Crippen LogP contribution < -0.4 is 10.2 Å². The molecule has 1 aliphatic rings. The average Bonchev–Trinajstić information content (AvgIpc) is 3.25. The lowest BCUT2D eigenvalue weighted by atomic mass is 9.99. The average molecular weight is 356 g/mol. The van der Waals surface area contributed by atoms with Crippen molar-refractivity contribution in [2.75, 3.05) is 23.3 Å². The van der Waals surface area contributed by atoms with E-state index in [-0.39, 0.29) is 5.91 Å². The minimum absolute atomic E-state index is 0.0730. The zero-order chi connectivity index (χ0) is 18.6. The van der Waals surface area contributed by atoms with Gasteiger partial charge in [-0.3, -0.25) is 4.79 Å². The third kappa shape index (κ3) is 3.72. The number of carbonyl (C=O) groups excluding carboxylic acids is 1. The van der Waals surface area contributed by atoms with E-state index in [0.717, 1.165) is 35.5 Å². The van der Waals surface area contributed by atoms with Crippen LogP contribution in [0.25, 0.3) is 11.1 Å². The fourth-order valence-corrected chi connectivity index (χ4v) is 3.66. The predicted octanol–water partition coefficient (Wildman–Crippen LogP) is 5.51. The summed E-state index contributed by atoms with van der Waals surface area (Å²) in [6.45, 7) is 4.22. The van der Waals surface area contributed by atoms with Crippen LogP contribution in [0.5, 0.6) is 0 Å². The molecule has 0 saturated carbocycles. The number of aryl methyl sites for hydroxylation is 1. The molecule has 136 valence electrons. The van der Waals surface area contributed by atoms with E-state index in [0.29, 0.717) is 5.56 Å². The standard InChI is InChI=1S/C24H24N2O/c1-18-13-14-20(26-15-7-8-16-26)17-23(18)25-24(27)22-12-6-5-11-21(22)19-9-3-2-4-10-19/h2-6,9-14,17H,7-8,15-16H2,1H3,(H,25,27). The number of amides is 1. The number of hydrogen-bond acceptors (Lipinski definition) is 2. The number of anilines is 2. The molecule has 1 saturated heterocycles. The molecule has 1 heterocycles. The molecule has 3 aromatic carbocycles. The third-order valence-electron chi connectivity index (χ3n) is 5.20. The molecule has 0 spiro atoms. The van der Waals surface area contributed by atoms with E-state index < -0.39 is 0 Å². The van der Waals surface area contributed by atoms with Crippen molar-refractivity contribution in [3.63, 3.8) is 0 Å². The number of carbonyl (C=O) groups is 1. The Kier molecular flexibility index (Phi) is 4.93. The lowest BCUT2D eigenvalue weighted by Gasteiger charge is -2.20. The Morgan fingerprint density at radius 2 is 1.59 bits per heavy atom. The van der Waals surface area contributed by atoms with Crippen LogP contribution in [0.1, 0.15) is 28.8 Å². The lowest BCUT2D eigenvalue weighted by molar-refractivity contribution is 0.102. The van der Waals surface area contributed by atoms with E-state index in [2.05, 4.69) is 28.4 Å². The Morgan fingerprint density at radius 1 is 0.889 bits per heavy atom. The molecular formula is C24H24N2O. The second kappa shape index (κ2) is 7.67. The third-order valence-corrected chi connectivity index (χ3v) is 5.20. The van der Waals surface area contributed by atoms with Crippen LogP contribution in [-0.2, 0) is 0 Å². The zero-order valence-corrected chi connectivity index (χ0v) is 15.6. The predicted molar refractivity (Wildman–Crippen MR) is 112 cm³/mol. The van der Waals surface area contributed by atoms with Crippen LogP contribution in [-0.4, -0.2) is 19.0 Å².